The SMILES string of the molecule is C=CCC(C(=O)C(C)C/C=C/c1ccccc1)P(=O)(c1ccccc1)c1ccccc1. The van der Waals surface area contributed by atoms with Gasteiger partial charge >= 0.3 is 0 Å². The molecule has 0 radical (unpaired) electrons. The summed E-state index contributed by atoms with van der Waals surface area (Å²) >= 11 is 0. The molecule has 0 aromatic heterocycles. The van der Waals surface area contributed by atoms with E-state index in [2.05, 4.69) is 6.58 Å². The molecule has 0 bridgehead atoms. The molecular weight excluding hydrogens is 399 g/mol. The summed E-state index contributed by atoms with van der Waals surface area (Å²) in [7, 11) is -3.20. The maximum absolute atomic E-state index is 14.7. The number of allylic oxidation sites excluding steroid dienone is 2. The van der Waals surface area contributed by atoms with Crippen molar-refractivity contribution in [2.24, 2.45) is 5.92 Å². The highest BCUT2D eigenvalue weighted by Gasteiger charge is 2.41. The standard InChI is InChI=1S/C28H29O2P/c1-3-14-27(28(29)23(2)15-13-18-24-16-7-4-8-17-24)31(30,25-19-9-5-10-20-25)26-21-11-6-12-22-26/h3-13,16-23,27H,1,14-15H2,2H3/b18-13+. The molecule has 0 heterocycles. The zero-order chi connectivity index (χ0) is 22.1. The quantitative estimate of drug-likeness (QED) is 0.282. The zero-order valence-electron chi connectivity index (χ0n) is 17.9. The largest absolute Gasteiger partial charge is 0.313 e. The molecule has 0 N–H and O–H groups in total. The normalized spacial score (nSPS) is 13.6. The number of Topliss-reactive ketones (excluding diaryl/α,β-unsaturated/α-hetero) is 1. The molecule has 0 spiro atoms. The van der Waals surface area contributed by atoms with E-state index in [0.29, 0.717) is 23.5 Å². The average molecular weight is 429 g/mol. The summed E-state index contributed by atoms with van der Waals surface area (Å²) in [4.78, 5) is 13.6. The first-order valence-corrected chi connectivity index (χ1v) is 12.4. The third kappa shape index (κ3) is 5.40. The van der Waals surface area contributed by atoms with Crippen LogP contribution in [0.25, 0.3) is 6.08 Å². The van der Waals surface area contributed by atoms with E-state index in [1.807, 2.05) is 110 Å². The molecule has 31 heavy (non-hydrogen) atoms. The lowest BCUT2D eigenvalue weighted by molar-refractivity contribution is -0.121. The molecule has 3 aromatic rings. The molecule has 2 unspecified atom stereocenters. The van der Waals surface area contributed by atoms with Crippen LogP contribution in [0.5, 0.6) is 0 Å². The van der Waals surface area contributed by atoms with Crippen LogP contribution in [0.15, 0.2) is 110 Å². The van der Waals surface area contributed by atoms with Crippen molar-refractivity contribution in [2.75, 3.05) is 0 Å². The third-order valence-electron chi connectivity index (χ3n) is 5.52. The van der Waals surface area contributed by atoms with Gasteiger partial charge in [-0.1, -0.05) is 116 Å². The van der Waals surface area contributed by atoms with Crippen molar-refractivity contribution in [3.63, 3.8) is 0 Å². The number of benzene rings is 3. The second-order valence-corrected chi connectivity index (χ2v) is 10.7. The summed E-state index contributed by atoms with van der Waals surface area (Å²) in [6, 6.07) is 28.8. The lowest BCUT2D eigenvalue weighted by Crippen LogP contribution is -2.34. The summed E-state index contributed by atoms with van der Waals surface area (Å²) in [5.74, 6) is -0.223. The summed E-state index contributed by atoms with van der Waals surface area (Å²) < 4.78 is 14.7. The predicted octanol–water partition coefficient (Wildman–Crippen LogP) is 6.25. The Balaban J connectivity index is 1.93. The summed E-state index contributed by atoms with van der Waals surface area (Å²) in [5.41, 5.74) is 0.471. The molecule has 0 aliphatic heterocycles. The number of hydrogen-bond donors (Lipinski definition) is 0. The van der Waals surface area contributed by atoms with Crippen molar-refractivity contribution in [3.8, 4) is 0 Å². The second kappa shape index (κ2) is 10.9. The number of hydrogen-bond acceptors (Lipinski definition) is 2. The van der Waals surface area contributed by atoms with Gasteiger partial charge in [-0.3, -0.25) is 4.79 Å². The predicted molar refractivity (Wildman–Crippen MR) is 133 cm³/mol. The van der Waals surface area contributed by atoms with Gasteiger partial charge in [0.25, 0.3) is 0 Å². The van der Waals surface area contributed by atoms with Gasteiger partial charge in [0.1, 0.15) is 5.78 Å². The van der Waals surface area contributed by atoms with Crippen LogP contribution in [0, 0.1) is 5.92 Å². The second-order valence-electron chi connectivity index (χ2n) is 7.72. The molecule has 3 heteroatoms. The molecule has 0 saturated heterocycles. The van der Waals surface area contributed by atoms with Gasteiger partial charge in [0.15, 0.2) is 7.14 Å². The fourth-order valence-corrected chi connectivity index (χ4v) is 7.13. The van der Waals surface area contributed by atoms with Crippen LogP contribution >= 0.6 is 7.14 Å². The fraction of sp³-hybridized carbons (Fsp3) is 0.179. The molecule has 0 aliphatic carbocycles. The van der Waals surface area contributed by atoms with E-state index in [1.54, 1.807) is 6.08 Å². The van der Waals surface area contributed by atoms with Gasteiger partial charge in [-0.25, -0.2) is 0 Å². The van der Waals surface area contributed by atoms with E-state index in [9.17, 15) is 9.36 Å². The van der Waals surface area contributed by atoms with Gasteiger partial charge in [-0.2, -0.15) is 0 Å². The van der Waals surface area contributed by atoms with Gasteiger partial charge < -0.3 is 4.57 Å². The van der Waals surface area contributed by atoms with E-state index in [4.69, 9.17) is 0 Å². The molecule has 2 nitrogen and oxygen atoms in total. The maximum atomic E-state index is 14.7. The molecule has 0 aliphatic rings. The summed E-state index contributed by atoms with van der Waals surface area (Å²) in [6.07, 6.45) is 6.75. The molecule has 158 valence electrons. The Kier molecular flexibility index (Phi) is 7.98. The van der Waals surface area contributed by atoms with Gasteiger partial charge in [0, 0.05) is 16.5 Å². The molecule has 0 saturated carbocycles. The van der Waals surface area contributed by atoms with Crippen LogP contribution in [-0.2, 0) is 9.36 Å². The van der Waals surface area contributed by atoms with E-state index < -0.39 is 12.8 Å². The summed E-state index contributed by atoms with van der Waals surface area (Å²) in [6.45, 7) is 5.78. The first kappa shape index (κ1) is 22.7. The number of carbonyl (C=O) groups excluding carboxylic acids is 1. The first-order chi connectivity index (χ1) is 15.1. The van der Waals surface area contributed by atoms with Crippen molar-refractivity contribution in [3.05, 3.63) is 115 Å². The molecular formula is C28H29O2P. The summed E-state index contributed by atoms with van der Waals surface area (Å²) in [5, 5.41) is 1.43. The molecule has 0 fully saturated rings. The van der Waals surface area contributed by atoms with Gasteiger partial charge in [0.2, 0.25) is 0 Å². The van der Waals surface area contributed by atoms with Crippen LogP contribution < -0.4 is 10.6 Å². The highest BCUT2D eigenvalue weighted by atomic mass is 31.2. The van der Waals surface area contributed by atoms with Crippen molar-refractivity contribution in [1.29, 1.82) is 0 Å². The molecule has 3 rings (SSSR count). The first-order valence-electron chi connectivity index (χ1n) is 10.6. The minimum atomic E-state index is -3.20. The van der Waals surface area contributed by atoms with Crippen LogP contribution in [0.2, 0.25) is 0 Å². The Morgan fingerprint density at radius 3 is 1.81 bits per heavy atom. The maximum Gasteiger partial charge on any atom is 0.153 e. The smallest absolute Gasteiger partial charge is 0.153 e. The Morgan fingerprint density at radius 1 is 0.839 bits per heavy atom. The minimum absolute atomic E-state index is 0.0219. The van der Waals surface area contributed by atoms with Crippen molar-refractivity contribution < 1.29 is 9.36 Å². The van der Waals surface area contributed by atoms with Crippen molar-refractivity contribution in [1.82, 2.24) is 0 Å². The van der Waals surface area contributed by atoms with Crippen LogP contribution in [0.4, 0.5) is 0 Å². The monoisotopic (exact) mass is 428 g/mol. The Morgan fingerprint density at radius 2 is 1.32 bits per heavy atom. The lowest BCUT2D eigenvalue weighted by Gasteiger charge is -2.29. The van der Waals surface area contributed by atoms with E-state index in [0.717, 1.165) is 5.56 Å². The van der Waals surface area contributed by atoms with Gasteiger partial charge in [0.05, 0.1) is 5.66 Å². The Bertz CT molecular complexity index is 1010. The van der Waals surface area contributed by atoms with Crippen LogP contribution in [-0.4, -0.2) is 11.4 Å². The minimum Gasteiger partial charge on any atom is -0.313 e. The molecule has 2 atom stereocenters. The van der Waals surface area contributed by atoms with E-state index in [1.165, 1.54) is 0 Å². The fourth-order valence-electron chi connectivity index (χ4n) is 3.83. The third-order valence-corrected chi connectivity index (χ3v) is 9.00. The number of rotatable bonds is 10. The van der Waals surface area contributed by atoms with Crippen molar-refractivity contribution in [2.45, 2.75) is 25.4 Å². The van der Waals surface area contributed by atoms with Crippen molar-refractivity contribution >= 4 is 29.6 Å². The van der Waals surface area contributed by atoms with Gasteiger partial charge in [-0.15, -0.1) is 6.58 Å². The average Bonchev–Trinajstić information content (AvgIpc) is 2.83. The highest BCUT2D eigenvalue weighted by Crippen LogP contribution is 2.51. The topological polar surface area (TPSA) is 34.1 Å². The Hall–Kier alpha value is -2.96. The number of carbonyl (C=O) groups is 1. The highest BCUT2D eigenvalue weighted by molar-refractivity contribution is 7.80. The van der Waals surface area contributed by atoms with Crippen LogP contribution in [0.1, 0.15) is 25.3 Å². The van der Waals surface area contributed by atoms with Crippen LogP contribution in [0.3, 0.4) is 0 Å². The van der Waals surface area contributed by atoms with E-state index in [-0.39, 0.29) is 11.7 Å². The Labute approximate surface area is 185 Å². The molecule has 0 amide bonds. The van der Waals surface area contributed by atoms with E-state index >= 15 is 0 Å². The molecule has 3 aromatic carbocycles. The van der Waals surface area contributed by atoms with Gasteiger partial charge in [-0.05, 0) is 18.4 Å². The lowest BCUT2D eigenvalue weighted by atomic mass is 9.98. The number of ketones is 1. The zero-order valence-corrected chi connectivity index (χ0v) is 18.8.